The zero-order chi connectivity index (χ0) is 13.1. The Morgan fingerprint density at radius 2 is 1.84 bits per heavy atom. The van der Waals surface area contributed by atoms with Gasteiger partial charge in [0.15, 0.2) is 6.54 Å². The van der Waals surface area contributed by atoms with E-state index in [9.17, 15) is 0 Å². The normalized spacial score (nSPS) is 16.7. The topological polar surface area (TPSA) is 43.4 Å². The highest BCUT2D eigenvalue weighted by Crippen LogP contribution is 2.15. The minimum Gasteiger partial charge on any atom is -0.333 e. The Morgan fingerprint density at radius 3 is 2.58 bits per heavy atom. The molecule has 0 aliphatic carbocycles. The van der Waals surface area contributed by atoms with Crippen LogP contribution in [0.4, 0.5) is 0 Å². The van der Waals surface area contributed by atoms with Gasteiger partial charge in [-0.15, -0.1) is 0 Å². The highest BCUT2D eigenvalue weighted by molar-refractivity contribution is 5.54. The van der Waals surface area contributed by atoms with E-state index in [0.717, 1.165) is 18.0 Å². The Bertz CT molecular complexity index is 527. The first-order valence-electron chi connectivity index (χ1n) is 7.04. The molecule has 0 saturated carbocycles. The van der Waals surface area contributed by atoms with Crippen molar-refractivity contribution < 1.29 is 9.42 Å². The van der Waals surface area contributed by atoms with Crippen LogP contribution in [0.1, 0.15) is 30.7 Å². The summed E-state index contributed by atoms with van der Waals surface area (Å²) >= 11 is 0. The molecule has 0 bridgehead atoms. The fraction of sp³-hybridized carbons (Fsp3) is 0.467. The first kappa shape index (κ1) is 12.4. The summed E-state index contributed by atoms with van der Waals surface area (Å²) in [5.74, 6) is 1.46. The summed E-state index contributed by atoms with van der Waals surface area (Å²) in [6, 6.07) is 8.22. The molecule has 1 fully saturated rings. The number of nitrogens with one attached hydrogen (secondary N) is 1. The summed E-state index contributed by atoms with van der Waals surface area (Å²) in [5.41, 5.74) is 2.26. The van der Waals surface area contributed by atoms with E-state index in [1.807, 2.05) is 12.1 Å². The van der Waals surface area contributed by atoms with E-state index in [2.05, 4.69) is 29.2 Å². The monoisotopic (exact) mass is 258 g/mol. The van der Waals surface area contributed by atoms with Gasteiger partial charge >= 0.3 is 0 Å². The summed E-state index contributed by atoms with van der Waals surface area (Å²) in [5, 5.41) is 4.08. The third-order valence-corrected chi connectivity index (χ3v) is 3.74. The molecule has 4 heteroatoms. The van der Waals surface area contributed by atoms with Crippen LogP contribution in [0.15, 0.2) is 28.8 Å². The molecule has 1 aliphatic heterocycles. The fourth-order valence-corrected chi connectivity index (χ4v) is 2.59. The smallest absolute Gasteiger partial charge is 0.282 e. The molecule has 0 amide bonds. The maximum atomic E-state index is 5.37. The van der Waals surface area contributed by atoms with Crippen LogP contribution in [-0.2, 0) is 6.54 Å². The van der Waals surface area contributed by atoms with Gasteiger partial charge in [0.2, 0.25) is 5.82 Å². The van der Waals surface area contributed by atoms with Crippen LogP contribution in [0.25, 0.3) is 11.4 Å². The lowest BCUT2D eigenvalue weighted by Gasteiger charge is -2.21. The number of quaternary nitrogens is 1. The lowest BCUT2D eigenvalue weighted by molar-refractivity contribution is -0.919. The summed E-state index contributed by atoms with van der Waals surface area (Å²) in [6.07, 6.45) is 3.99. The van der Waals surface area contributed by atoms with Gasteiger partial charge in [0, 0.05) is 5.56 Å². The number of hydrogen-bond donors (Lipinski definition) is 1. The molecular weight excluding hydrogens is 238 g/mol. The Kier molecular flexibility index (Phi) is 3.60. The van der Waals surface area contributed by atoms with Gasteiger partial charge in [0.1, 0.15) is 0 Å². The van der Waals surface area contributed by atoms with Gasteiger partial charge in [-0.1, -0.05) is 35.0 Å². The summed E-state index contributed by atoms with van der Waals surface area (Å²) < 4.78 is 5.37. The van der Waals surface area contributed by atoms with E-state index in [1.54, 1.807) is 4.90 Å². The first-order valence-corrected chi connectivity index (χ1v) is 7.04. The number of aromatic nitrogens is 2. The molecule has 1 N–H and O–H groups in total. The van der Waals surface area contributed by atoms with E-state index >= 15 is 0 Å². The maximum Gasteiger partial charge on any atom is 0.282 e. The van der Waals surface area contributed by atoms with E-state index in [-0.39, 0.29) is 0 Å². The number of piperidine rings is 1. The molecule has 4 nitrogen and oxygen atoms in total. The molecule has 0 spiro atoms. The highest BCUT2D eigenvalue weighted by atomic mass is 16.5. The zero-order valence-electron chi connectivity index (χ0n) is 11.4. The van der Waals surface area contributed by atoms with E-state index in [4.69, 9.17) is 4.52 Å². The molecule has 1 aromatic carbocycles. The molecule has 100 valence electrons. The van der Waals surface area contributed by atoms with Gasteiger partial charge in [-0.05, 0) is 26.2 Å². The van der Waals surface area contributed by atoms with Crippen LogP contribution in [0.3, 0.4) is 0 Å². The average Bonchev–Trinajstić information content (AvgIpc) is 2.89. The van der Waals surface area contributed by atoms with Crippen molar-refractivity contribution in [2.24, 2.45) is 0 Å². The molecule has 3 rings (SSSR count). The lowest BCUT2D eigenvalue weighted by atomic mass is 10.1. The SMILES string of the molecule is Cc1ccc(-c2noc(C[NH+]3CCCCC3)n2)cc1. The molecule has 0 atom stereocenters. The van der Waals surface area contributed by atoms with Gasteiger partial charge in [-0.2, -0.15) is 4.98 Å². The van der Waals surface area contributed by atoms with Crippen LogP contribution < -0.4 is 4.90 Å². The Balaban J connectivity index is 1.70. The largest absolute Gasteiger partial charge is 0.333 e. The molecular formula is C15H20N3O+. The highest BCUT2D eigenvalue weighted by Gasteiger charge is 2.18. The molecule has 0 radical (unpaired) electrons. The fourth-order valence-electron chi connectivity index (χ4n) is 2.59. The summed E-state index contributed by atoms with van der Waals surface area (Å²) in [7, 11) is 0. The number of hydrogen-bond acceptors (Lipinski definition) is 3. The second-order valence-corrected chi connectivity index (χ2v) is 5.37. The molecule has 2 aromatic rings. The predicted octanol–water partition coefficient (Wildman–Crippen LogP) is 1.61. The number of nitrogens with zero attached hydrogens (tertiary/aromatic N) is 2. The molecule has 1 aliphatic rings. The van der Waals surface area contributed by atoms with Crippen LogP contribution in [-0.4, -0.2) is 23.2 Å². The van der Waals surface area contributed by atoms with Crippen LogP contribution >= 0.6 is 0 Å². The van der Waals surface area contributed by atoms with Crippen molar-refractivity contribution in [3.63, 3.8) is 0 Å². The molecule has 0 unspecified atom stereocenters. The van der Waals surface area contributed by atoms with Crippen molar-refractivity contribution in [2.75, 3.05) is 13.1 Å². The van der Waals surface area contributed by atoms with Crippen molar-refractivity contribution in [1.29, 1.82) is 0 Å². The van der Waals surface area contributed by atoms with Crippen molar-refractivity contribution in [3.8, 4) is 11.4 Å². The van der Waals surface area contributed by atoms with Crippen molar-refractivity contribution in [3.05, 3.63) is 35.7 Å². The van der Waals surface area contributed by atoms with Gasteiger partial charge in [-0.25, -0.2) is 0 Å². The average molecular weight is 258 g/mol. The van der Waals surface area contributed by atoms with Crippen molar-refractivity contribution in [1.82, 2.24) is 10.1 Å². The quantitative estimate of drug-likeness (QED) is 0.909. The number of rotatable bonds is 3. The summed E-state index contributed by atoms with van der Waals surface area (Å²) in [6.45, 7) is 5.38. The van der Waals surface area contributed by atoms with E-state index in [0.29, 0.717) is 5.82 Å². The molecule has 19 heavy (non-hydrogen) atoms. The Labute approximate surface area is 113 Å². The molecule has 2 heterocycles. The second-order valence-electron chi connectivity index (χ2n) is 5.37. The zero-order valence-corrected chi connectivity index (χ0v) is 11.4. The lowest BCUT2D eigenvalue weighted by Crippen LogP contribution is -3.11. The minimum atomic E-state index is 0.700. The standard InChI is InChI=1S/C15H19N3O/c1-12-5-7-13(8-6-12)15-16-14(19-17-15)11-18-9-3-2-4-10-18/h5-8H,2-4,9-11H2,1H3/p+1. The summed E-state index contributed by atoms with van der Waals surface area (Å²) in [4.78, 5) is 6.07. The predicted molar refractivity (Wildman–Crippen MR) is 72.7 cm³/mol. The van der Waals surface area contributed by atoms with Gasteiger partial charge < -0.3 is 9.42 Å². The van der Waals surface area contributed by atoms with Crippen LogP contribution in [0.5, 0.6) is 0 Å². The number of likely N-dealkylation sites (tertiary alicyclic amines) is 1. The Hall–Kier alpha value is -1.68. The van der Waals surface area contributed by atoms with Gasteiger partial charge in [-0.3, -0.25) is 0 Å². The third kappa shape index (κ3) is 3.01. The van der Waals surface area contributed by atoms with Crippen LogP contribution in [0.2, 0.25) is 0 Å². The number of aryl methyl sites for hydroxylation is 1. The Morgan fingerprint density at radius 1 is 1.11 bits per heavy atom. The maximum absolute atomic E-state index is 5.37. The first-order chi connectivity index (χ1) is 9.31. The van der Waals surface area contributed by atoms with Crippen LogP contribution in [0, 0.1) is 6.92 Å². The second kappa shape index (κ2) is 5.53. The molecule has 1 aromatic heterocycles. The number of benzene rings is 1. The van der Waals surface area contributed by atoms with Crippen molar-refractivity contribution >= 4 is 0 Å². The van der Waals surface area contributed by atoms with Gasteiger partial charge in [0.05, 0.1) is 13.1 Å². The van der Waals surface area contributed by atoms with Crippen molar-refractivity contribution in [2.45, 2.75) is 32.7 Å². The molecule has 1 saturated heterocycles. The van der Waals surface area contributed by atoms with E-state index in [1.165, 1.54) is 37.9 Å². The third-order valence-electron chi connectivity index (χ3n) is 3.74. The minimum absolute atomic E-state index is 0.700. The van der Waals surface area contributed by atoms with E-state index < -0.39 is 0 Å². The van der Waals surface area contributed by atoms with Gasteiger partial charge in [0.25, 0.3) is 5.89 Å².